The second kappa shape index (κ2) is 8.59. The van der Waals surface area contributed by atoms with Gasteiger partial charge in [-0.3, -0.25) is 9.59 Å². The Morgan fingerprint density at radius 1 is 1.06 bits per heavy atom. The number of amides is 2. The first kappa shape index (κ1) is 22.1. The Balaban J connectivity index is 1.25. The van der Waals surface area contributed by atoms with Crippen LogP contribution in [0.25, 0.3) is 10.8 Å². The fraction of sp³-hybridized carbons (Fsp3) is 0.385. The lowest BCUT2D eigenvalue weighted by molar-refractivity contribution is -0.135. The molecule has 4 heterocycles. The van der Waals surface area contributed by atoms with Crippen molar-refractivity contribution >= 4 is 28.4 Å². The predicted octanol–water partition coefficient (Wildman–Crippen LogP) is 3.20. The van der Waals surface area contributed by atoms with E-state index >= 15 is 0 Å². The van der Waals surface area contributed by atoms with Crippen LogP contribution in [0.2, 0.25) is 0 Å². The molecule has 1 aromatic carbocycles. The zero-order chi connectivity index (χ0) is 23.9. The summed E-state index contributed by atoms with van der Waals surface area (Å²) in [4.78, 5) is 35.7. The van der Waals surface area contributed by atoms with Crippen molar-refractivity contribution in [2.24, 2.45) is 5.73 Å². The van der Waals surface area contributed by atoms with E-state index in [1.165, 1.54) is 6.20 Å². The van der Waals surface area contributed by atoms with Gasteiger partial charge in [-0.05, 0) is 69.2 Å². The molecular weight excluding hydrogens is 430 g/mol. The normalized spacial score (nSPS) is 21.9. The first-order valence-electron chi connectivity index (χ1n) is 11.7. The van der Waals surface area contributed by atoms with Crippen molar-refractivity contribution in [3.05, 3.63) is 60.4 Å². The number of carbonyl (C=O) groups is 2. The van der Waals surface area contributed by atoms with Gasteiger partial charge in [0.05, 0.1) is 5.56 Å². The highest BCUT2D eigenvalue weighted by Gasteiger charge is 2.43. The van der Waals surface area contributed by atoms with Gasteiger partial charge in [0.2, 0.25) is 11.8 Å². The average molecular weight is 460 g/mol. The van der Waals surface area contributed by atoms with Crippen molar-refractivity contribution in [1.82, 2.24) is 15.3 Å². The molecule has 0 aliphatic carbocycles. The highest BCUT2D eigenvalue weighted by Crippen LogP contribution is 2.38. The minimum absolute atomic E-state index is 0.0643. The second-order valence-electron chi connectivity index (χ2n) is 9.65. The van der Waals surface area contributed by atoms with Crippen molar-refractivity contribution in [2.45, 2.75) is 63.3 Å². The van der Waals surface area contributed by atoms with E-state index < -0.39 is 11.5 Å². The monoisotopic (exact) mass is 459 g/mol. The molecule has 0 radical (unpaired) electrons. The highest BCUT2D eigenvalue weighted by atomic mass is 16.5. The van der Waals surface area contributed by atoms with Crippen LogP contribution in [0, 0.1) is 0 Å². The van der Waals surface area contributed by atoms with E-state index in [0.29, 0.717) is 23.5 Å². The van der Waals surface area contributed by atoms with Gasteiger partial charge in [0.1, 0.15) is 5.82 Å². The standard InChI is InChI=1S/C26H29N5O3/c1-26(2,34-24-21-6-4-3-5-16(21)11-12-28-24)25(33)30-18-13-19-8-9-20(14-18)31(19)22-10-7-17(15-29-22)23(27)32/h3-7,10-12,15,18-20H,8-9,13-14H2,1-2H3,(H2,27,32)(H,30,33)/t18-,19+,20-. The molecule has 2 saturated heterocycles. The molecular formula is C26H29N5O3. The van der Waals surface area contributed by atoms with Gasteiger partial charge in [0.25, 0.3) is 5.91 Å². The summed E-state index contributed by atoms with van der Waals surface area (Å²) < 4.78 is 6.13. The van der Waals surface area contributed by atoms with Crippen molar-refractivity contribution in [3.8, 4) is 5.88 Å². The topological polar surface area (TPSA) is 110 Å². The van der Waals surface area contributed by atoms with Crippen LogP contribution in [0.15, 0.2) is 54.9 Å². The van der Waals surface area contributed by atoms with Crippen LogP contribution >= 0.6 is 0 Å². The Morgan fingerprint density at radius 3 is 2.47 bits per heavy atom. The summed E-state index contributed by atoms with van der Waals surface area (Å²) in [5, 5.41) is 5.12. The molecule has 2 aliphatic heterocycles. The Hall–Kier alpha value is -3.68. The highest BCUT2D eigenvalue weighted by molar-refractivity contribution is 5.92. The van der Waals surface area contributed by atoms with Gasteiger partial charge in [0, 0.05) is 35.9 Å². The number of carbonyl (C=O) groups excluding carboxylic acids is 2. The number of primary amides is 1. The van der Waals surface area contributed by atoms with Crippen molar-refractivity contribution in [3.63, 3.8) is 0 Å². The number of nitrogens with one attached hydrogen (secondary N) is 1. The minimum Gasteiger partial charge on any atom is -0.461 e. The number of nitrogens with two attached hydrogens (primary N) is 1. The molecule has 3 atom stereocenters. The zero-order valence-corrected chi connectivity index (χ0v) is 19.4. The molecule has 2 aromatic heterocycles. The molecule has 8 nitrogen and oxygen atoms in total. The molecule has 2 fully saturated rings. The van der Waals surface area contributed by atoms with Crippen LogP contribution in [0.1, 0.15) is 49.9 Å². The Morgan fingerprint density at radius 2 is 1.79 bits per heavy atom. The number of benzene rings is 1. The fourth-order valence-corrected chi connectivity index (χ4v) is 5.17. The van der Waals surface area contributed by atoms with Crippen LogP contribution in [0.4, 0.5) is 5.82 Å². The molecule has 34 heavy (non-hydrogen) atoms. The summed E-state index contributed by atoms with van der Waals surface area (Å²) in [6.07, 6.45) is 7.01. The van der Waals surface area contributed by atoms with Crippen molar-refractivity contribution < 1.29 is 14.3 Å². The van der Waals surface area contributed by atoms with E-state index in [2.05, 4.69) is 20.2 Å². The molecule has 2 aliphatic rings. The summed E-state index contributed by atoms with van der Waals surface area (Å²) in [5.74, 6) is 0.683. The summed E-state index contributed by atoms with van der Waals surface area (Å²) in [7, 11) is 0. The third-order valence-electron chi connectivity index (χ3n) is 6.90. The maximum atomic E-state index is 13.2. The Labute approximate surface area is 198 Å². The van der Waals surface area contributed by atoms with E-state index in [-0.39, 0.29) is 11.9 Å². The number of rotatable bonds is 6. The third kappa shape index (κ3) is 4.16. The molecule has 8 heteroatoms. The molecule has 0 saturated carbocycles. The SMILES string of the molecule is CC(C)(Oc1nccc2ccccc12)C(=O)N[C@H]1C[C@H]2CC[C@@H](C1)N2c1ccc(C(N)=O)cn1. The summed E-state index contributed by atoms with van der Waals surface area (Å²) in [6.45, 7) is 3.56. The van der Waals surface area contributed by atoms with Gasteiger partial charge in [-0.25, -0.2) is 9.97 Å². The number of hydrogen-bond acceptors (Lipinski definition) is 6. The maximum absolute atomic E-state index is 13.2. The lowest BCUT2D eigenvalue weighted by atomic mass is 9.96. The van der Waals surface area contributed by atoms with E-state index in [1.807, 2.05) is 36.4 Å². The van der Waals surface area contributed by atoms with Gasteiger partial charge in [-0.15, -0.1) is 0 Å². The van der Waals surface area contributed by atoms with Gasteiger partial charge in [0.15, 0.2) is 5.60 Å². The zero-order valence-electron chi connectivity index (χ0n) is 19.4. The van der Waals surface area contributed by atoms with E-state index in [9.17, 15) is 9.59 Å². The van der Waals surface area contributed by atoms with Crippen LogP contribution < -0.4 is 20.7 Å². The Kier molecular flexibility index (Phi) is 5.59. The number of ether oxygens (including phenoxy) is 1. The summed E-state index contributed by atoms with van der Waals surface area (Å²) >= 11 is 0. The van der Waals surface area contributed by atoms with Gasteiger partial charge < -0.3 is 20.7 Å². The number of nitrogens with zero attached hydrogens (tertiary/aromatic N) is 3. The molecule has 0 unspecified atom stereocenters. The summed E-state index contributed by atoms with van der Waals surface area (Å²) in [5.41, 5.74) is 4.67. The smallest absolute Gasteiger partial charge is 0.263 e. The molecule has 3 aromatic rings. The third-order valence-corrected chi connectivity index (χ3v) is 6.90. The first-order valence-corrected chi connectivity index (χ1v) is 11.7. The molecule has 176 valence electrons. The number of hydrogen-bond donors (Lipinski definition) is 2. The van der Waals surface area contributed by atoms with Crippen molar-refractivity contribution in [1.29, 1.82) is 0 Å². The summed E-state index contributed by atoms with van der Waals surface area (Å²) in [6, 6.07) is 14.0. The van der Waals surface area contributed by atoms with Gasteiger partial charge in [-0.1, -0.05) is 18.2 Å². The predicted molar refractivity (Wildman–Crippen MR) is 130 cm³/mol. The average Bonchev–Trinajstić information content (AvgIpc) is 3.09. The van der Waals surface area contributed by atoms with E-state index in [1.54, 1.807) is 26.1 Å². The Bertz CT molecular complexity index is 1210. The minimum atomic E-state index is -1.07. The lowest BCUT2D eigenvalue weighted by Crippen LogP contribution is -2.55. The quantitative estimate of drug-likeness (QED) is 0.586. The largest absolute Gasteiger partial charge is 0.461 e. The fourth-order valence-electron chi connectivity index (χ4n) is 5.17. The number of pyridine rings is 2. The maximum Gasteiger partial charge on any atom is 0.263 e. The lowest BCUT2D eigenvalue weighted by Gasteiger charge is -2.40. The second-order valence-corrected chi connectivity index (χ2v) is 9.65. The number of aromatic nitrogens is 2. The number of anilines is 1. The van der Waals surface area contributed by atoms with Crippen LogP contribution in [0.3, 0.4) is 0 Å². The van der Waals surface area contributed by atoms with Crippen LogP contribution in [-0.4, -0.2) is 45.5 Å². The molecule has 2 bridgehead atoms. The molecule has 0 spiro atoms. The molecule has 3 N–H and O–H groups in total. The van der Waals surface area contributed by atoms with Crippen LogP contribution in [0.5, 0.6) is 5.88 Å². The first-order chi connectivity index (χ1) is 16.3. The molecule has 5 rings (SSSR count). The number of piperidine rings is 1. The van der Waals surface area contributed by atoms with Gasteiger partial charge >= 0.3 is 0 Å². The molecule has 2 amide bonds. The number of fused-ring (bicyclic) bond motifs is 3. The van der Waals surface area contributed by atoms with E-state index in [0.717, 1.165) is 42.3 Å². The van der Waals surface area contributed by atoms with Crippen molar-refractivity contribution in [2.75, 3.05) is 4.90 Å². The van der Waals surface area contributed by atoms with Gasteiger partial charge in [-0.2, -0.15) is 0 Å². The van der Waals surface area contributed by atoms with Crippen LogP contribution in [-0.2, 0) is 4.79 Å². The van der Waals surface area contributed by atoms with E-state index in [4.69, 9.17) is 10.5 Å².